The van der Waals surface area contributed by atoms with Crippen LogP contribution in [0.5, 0.6) is 5.75 Å². The molecule has 1 N–H and O–H groups in total. The van der Waals surface area contributed by atoms with Crippen LogP contribution in [-0.4, -0.2) is 11.1 Å². The Morgan fingerprint density at radius 1 is 1.15 bits per heavy atom. The molecule has 1 amide bonds. The van der Waals surface area contributed by atoms with Gasteiger partial charge in [0.2, 0.25) is 0 Å². The molecule has 3 aromatic rings. The van der Waals surface area contributed by atoms with E-state index in [1.807, 2.05) is 44.2 Å². The predicted octanol–water partition coefficient (Wildman–Crippen LogP) is 5.08. The Bertz CT molecular complexity index is 933. The zero-order valence-corrected chi connectivity index (χ0v) is 15.6. The van der Waals surface area contributed by atoms with Gasteiger partial charge in [-0.15, -0.1) is 0 Å². The zero-order valence-electron chi connectivity index (χ0n) is 14.8. The number of ether oxygens (including phenoxy) is 1. The van der Waals surface area contributed by atoms with Gasteiger partial charge in [-0.2, -0.15) is 0 Å². The van der Waals surface area contributed by atoms with Gasteiger partial charge in [-0.3, -0.25) is 4.79 Å². The van der Waals surface area contributed by atoms with E-state index in [2.05, 4.69) is 10.5 Å². The van der Waals surface area contributed by atoms with E-state index in [1.54, 1.807) is 19.1 Å². The minimum Gasteiger partial charge on any atom is -0.489 e. The van der Waals surface area contributed by atoms with Crippen molar-refractivity contribution >= 4 is 23.2 Å². The summed E-state index contributed by atoms with van der Waals surface area (Å²) < 4.78 is 11.0. The maximum atomic E-state index is 12.6. The largest absolute Gasteiger partial charge is 0.489 e. The lowest BCUT2D eigenvalue weighted by Gasteiger charge is -2.09. The fourth-order valence-electron chi connectivity index (χ4n) is 2.44. The molecule has 1 aromatic heterocycles. The van der Waals surface area contributed by atoms with Gasteiger partial charge in [0.25, 0.3) is 5.91 Å². The number of halogens is 1. The van der Waals surface area contributed by atoms with Crippen molar-refractivity contribution in [1.29, 1.82) is 0 Å². The van der Waals surface area contributed by atoms with Crippen LogP contribution in [0.2, 0.25) is 5.02 Å². The van der Waals surface area contributed by atoms with Crippen LogP contribution in [0.3, 0.4) is 0 Å². The Morgan fingerprint density at radius 3 is 2.62 bits per heavy atom. The molecular weight excluding hydrogens is 352 g/mol. The number of aromatic nitrogens is 1. The van der Waals surface area contributed by atoms with Crippen molar-refractivity contribution < 1.29 is 14.1 Å². The number of nitrogens with zero attached hydrogens (tertiary/aromatic N) is 1. The molecule has 0 aliphatic heterocycles. The maximum Gasteiger partial charge on any atom is 0.278 e. The second kappa shape index (κ2) is 7.62. The van der Waals surface area contributed by atoms with E-state index >= 15 is 0 Å². The molecule has 0 fully saturated rings. The normalized spacial score (nSPS) is 10.6. The summed E-state index contributed by atoms with van der Waals surface area (Å²) in [6, 6.07) is 13.0. The fourth-order valence-corrected chi connectivity index (χ4v) is 2.61. The van der Waals surface area contributed by atoms with Crippen LogP contribution < -0.4 is 10.1 Å². The average molecular weight is 371 g/mol. The van der Waals surface area contributed by atoms with Crippen molar-refractivity contribution in [1.82, 2.24) is 5.16 Å². The smallest absolute Gasteiger partial charge is 0.278 e. The molecule has 5 nitrogen and oxygen atoms in total. The predicted molar refractivity (Wildman–Crippen MR) is 101 cm³/mol. The van der Waals surface area contributed by atoms with E-state index in [0.29, 0.717) is 27.8 Å². The summed E-state index contributed by atoms with van der Waals surface area (Å²) in [7, 11) is 0. The van der Waals surface area contributed by atoms with Crippen LogP contribution >= 0.6 is 11.6 Å². The number of amides is 1. The number of rotatable bonds is 5. The van der Waals surface area contributed by atoms with Gasteiger partial charge in [0.1, 0.15) is 18.1 Å². The Balaban J connectivity index is 1.77. The molecule has 0 saturated carbocycles. The second-order valence-corrected chi connectivity index (χ2v) is 6.52. The standard InChI is InChI=1S/C20H19ClN2O3/c1-12-4-8-16(9-5-12)25-11-17-14(3)26-23-19(17)20(24)22-18-10-15(21)7-6-13(18)2/h4-10H,11H2,1-3H3,(H,22,24). The van der Waals surface area contributed by atoms with Crippen molar-refractivity contribution in [2.45, 2.75) is 27.4 Å². The van der Waals surface area contributed by atoms with Crippen LogP contribution in [0.25, 0.3) is 0 Å². The van der Waals surface area contributed by atoms with Gasteiger partial charge >= 0.3 is 0 Å². The van der Waals surface area contributed by atoms with Gasteiger partial charge in [-0.05, 0) is 50.6 Å². The number of aryl methyl sites for hydroxylation is 3. The van der Waals surface area contributed by atoms with Gasteiger partial charge in [-0.25, -0.2) is 0 Å². The van der Waals surface area contributed by atoms with Crippen LogP contribution in [-0.2, 0) is 6.61 Å². The quantitative estimate of drug-likeness (QED) is 0.679. The Hall–Kier alpha value is -2.79. The topological polar surface area (TPSA) is 64.4 Å². The first-order chi connectivity index (χ1) is 12.4. The first-order valence-electron chi connectivity index (χ1n) is 8.16. The molecule has 6 heteroatoms. The Kier molecular flexibility index (Phi) is 5.28. The molecule has 26 heavy (non-hydrogen) atoms. The highest BCUT2D eigenvalue weighted by molar-refractivity contribution is 6.31. The number of nitrogens with one attached hydrogen (secondary N) is 1. The Labute approximate surface area is 156 Å². The molecule has 134 valence electrons. The third-order valence-electron chi connectivity index (χ3n) is 4.05. The van der Waals surface area contributed by atoms with E-state index < -0.39 is 0 Å². The first-order valence-corrected chi connectivity index (χ1v) is 8.54. The summed E-state index contributed by atoms with van der Waals surface area (Å²) >= 11 is 6.00. The summed E-state index contributed by atoms with van der Waals surface area (Å²) in [6.45, 7) is 5.84. The summed E-state index contributed by atoms with van der Waals surface area (Å²) in [5.41, 5.74) is 3.50. The van der Waals surface area contributed by atoms with Crippen molar-refractivity contribution in [2.24, 2.45) is 0 Å². The average Bonchev–Trinajstić information content (AvgIpc) is 2.98. The van der Waals surface area contributed by atoms with Crippen LogP contribution in [0, 0.1) is 20.8 Å². The third kappa shape index (κ3) is 4.06. The fraction of sp³-hybridized carbons (Fsp3) is 0.200. The van der Waals surface area contributed by atoms with Crippen molar-refractivity contribution in [3.8, 4) is 5.75 Å². The lowest BCUT2D eigenvalue weighted by molar-refractivity contribution is 0.101. The van der Waals surface area contributed by atoms with E-state index in [4.69, 9.17) is 20.9 Å². The monoisotopic (exact) mass is 370 g/mol. The molecule has 0 unspecified atom stereocenters. The minimum atomic E-state index is -0.366. The first kappa shape index (κ1) is 18.0. The van der Waals surface area contributed by atoms with Crippen LogP contribution in [0.15, 0.2) is 47.0 Å². The highest BCUT2D eigenvalue weighted by atomic mass is 35.5. The number of anilines is 1. The highest BCUT2D eigenvalue weighted by Crippen LogP contribution is 2.23. The molecule has 0 bridgehead atoms. The van der Waals surface area contributed by atoms with Crippen molar-refractivity contribution in [2.75, 3.05) is 5.32 Å². The van der Waals surface area contributed by atoms with Crippen molar-refractivity contribution in [3.05, 3.63) is 75.6 Å². The molecule has 1 heterocycles. The number of hydrogen-bond acceptors (Lipinski definition) is 4. The molecule has 0 radical (unpaired) electrons. The maximum absolute atomic E-state index is 12.6. The van der Waals surface area contributed by atoms with E-state index in [9.17, 15) is 4.79 Å². The number of benzene rings is 2. The van der Waals surface area contributed by atoms with Gasteiger partial charge in [-0.1, -0.05) is 40.5 Å². The molecule has 0 atom stereocenters. The van der Waals surface area contributed by atoms with Gasteiger partial charge in [0.05, 0.1) is 5.56 Å². The summed E-state index contributed by atoms with van der Waals surface area (Å²) in [5, 5.41) is 7.26. The summed E-state index contributed by atoms with van der Waals surface area (Å²) in [6.07, 6.45) is 0. The van der Waals surface area contributed by atoms with Gasteiger partial charge in [0, 0.05) is 10.7 Å². The molecule has 0 aliphatic carbocycles. The molecule has 0 spiro atoms. The number of hydrogen-bond donors (Lipinski definition) is 1. The molecule has 0 saturated heterocycles. The SMILES string of the molecule is Cc1ccc(OCc2c(C(=O)Nc3cc(Cl)ccc3C)noc2C)cc1. The third-order valence-corrected chi connectivity index (χ3v) is 4.29. The van der Waals surface area contributed by atoms with Crippen molar-refractivity contribution in [3.63, 3.8) is 0 Å². The second-order valence-electron chi connectivity index (χ2n) is 6.08. The van der Waals surface area contributed by atoms with Gasteiger partial charge < -0.3 is 14.6 Å². The number of carbonyl (C=O) groups is 1. The van der Waals surface area contributed by atoms with E-state index in [1.165, 1.54) is 0 Å². The molecule has 0 aliphatic rings. The minimum absolute atomic E-state index is 0.190. The van der Waals surface area contributed by atoms with E-state index in [-0.39, 0.29) is 18.2 Å². The zero-order chi connectivity index (χ0) is 18.7. The van der Waals surface area contributed by atoms with Crippen LogP contribution in [0.4, 0.5) is 5.69 Å². The Morgan fingerprint density at radius 2 is 1.88 bits per heavy atom. The molecular formula is C20H19ClN2O3. The molecule has 3 rings (SSSR count). The summed E-state index contributed by atoms with van der Waals surface area (Å²) in [4.78, 5) is 12.6. The van der Waals surface area contributed by atoms with Crippen LogP contribution in [0.1, 0.15) is 32.9 Å². The summed E-state index contributed by atoms with van der Waals surface area (Å²) in [5.74, 6) is 0.896. The number of carbonyl (C=O) groups excluding carboxylic acids is 1. The lowest BCUT2D eigenvalue weighted by Crippen LogP contribution is -2.16. The van der Waals surface area contributed by atoms with Gasteiger partial charge in [0.15, 0.2) is 5.69 Å². The van der Waals surface area contributed by atoms with E-state index in [0.717, 1.165) is 11.1 Å². The lowest BCUT2D eigenvalue weighted by atomic mass is 10.1. The molecule has 2 aromatic carbocycles. The highest BCUT2D eigenvalue weighted by Gasteiger charge is 2.21.